The van der Waals surface area contributed by atoms with Crippen LogP contribution < -0.4 is 15.2 Å². The Labute approximate surface area is 178 Å². The molecule has 3 rings (SSSR count). The second kappa shape index (κ2) is 8.76. The van der Waals surface area contributed by atoms with Crippen LogP contribution in [0.1, 0.15) is 20.7 Å². The van der Waals surface area contributed by atoms with E-state index in [2.05, 4.69) is 4.72 Å². The predicted octanol–water partition coefficient (Wildman–Crippen LogP) is 3.35. The van der Waals surface area contributed by atoms with Crippen molar-refractivity contribution in [2.45, 2.75) is 4.90 Å². The summed E-state index contributed by atoms with van der Waals surface area (Å²) in [5.41, 5.74) is 5.46. The smallest absolute Gasteiger partial charge is 0.340 e. The van der Waals surface area contributed by atoms with Gasteiger partial charge < -0.3 is 20.3 Å². The largest absolute Gasteiger partial charge is 0.478 e. The van der Waals surface area contributed by atoms with Crippen LogP contribution in [-0.2, 0) is 14.8 Å². The van der Waals surface area contributed by atoms with E-state index in [9.17, 15) is 23.1 Å². The van der Waals surface area contributed by atoms with Gasteiger partial charge in [-0.3, -0.25) is 4.72 Å². The number of nitrogen functional groups attached to an aromatic ring is 1. The van der Waals surface area contributed by atoms with Crippen molar-refractivity contribution < 1.29 is 32.6 Å². The van der Waals surface area contributed by atoms with Crippen LogP contribution >= 0.6 is 0 Å². The molecule has 0 bridgehead atoms. The molecule has 0 atom stereocenters. The average molecular weight is 442 g/mol. The number of nitrogens with two attached hydrogens (primary N) is 1. The zero-order chi connectivity index (χ0) is 22.6. The minimum Gasteiger partial charge on any atom is -0.478 e. The third-order valence-corrected chi connectivity index (χ3v) is 5.57. The molecule has 4 N–H and O–H groups in total. The zero-order valence-corrected chi connectivity index (χ0v) is 17.0. The summed E-state index contributed by atoms with van der Waals surface area (Å²) in [5.74, 6) is -1.69. The monoisotopic (exact) mass is 442 g/mol. The molecule has 31 heavy (non-hydrogen) atoms. The van der Waals surface area contributed by atoms with Crippen LogP contribution in [0.5, 0.6) is 11.5 Å². The maximum absolute atomic E-state index is 12.6. The summed E-state index contributed by atoms with van der Waals surface area (Å²) in [7, 11) is -2.79. The van der Waals surface area contributed by atoms with Crippen LogP contribution in [0.3, 0.4) is 0 Å². The highest BCUT2D eigenvalue weighted by Crippen LogP contribution is 2.30. The fourth-order valence-corrected chi connectivity index (χ4v) is 3.78. The molecule has 3 aromatic rings. The molecule has 160 valence electrons. The highest BCUT2D eigenvalue weighted by atomic mass is 32.2. The van der Waals surface area contributed by atoms with Crippen molar-refractivity contribution in [1.29, 1.82) is 0 Å². The molecule has 0 amide bonds. The third-order valence-electron chi connectivity index (χ3n) is 4.19. The Morgan fingerprint density at radius 1 is 0.935 bits per heavy atom. The van der Waals surface area contributed by atoms with E-state index < -0.39 is 22.0 Å². The van der Waals surface area contributed by atoms with Crippen molar-refractivity contribution in [3.05, 3.63) is 77.9 Å². The number of hydrogen-bond donors (Lipinski definition) is 3. The molecule has 0 aliphatic heterocycles. The number of carboxylic acid groups (broad SMARTS) is 1. The van der Waals surface area contributed by atoms with E-state index in [1.165, 1.54) is 48.5 Å². The maximum atomic E-state index is 12.6. The first-order chi connectivity index (χ1) is 14.7. The Kier molecular flexibility index (Phi) is 6.12. The molecule has 3 aromatic carbocycles. The topological polar surface area (TPSA) is 145 Å². The number of hydrogen-bond acceptors (Lipinski definition) is 7. The van der Waals surface area contributed by atoms with E-state index in [1.54, 1.807) is 18.2 Å². The van der Waals surface area contributed by atoms with Crippen molar-refractivity contribution in [3.63, 3.8) is 0 Å². The van der Waals surface area contributed by atoms with Crippen LogP contribution in [0.4, 0.5) is 11.4 Å². The fraction of sp³-hybridized carbons (Fsp3) is 0.0476. The molecule has 0 aliphatic rings. The number of rotatable bonds is 7. The van der Waals surface area contributed by atoms with Gasteiger partial charge in [-0.15, -0.1) is 0 Å². The molecule has 0 saturated heterocycles. The van der Waals surface area contributed by atoms with Crippen molar-refractivity contribution in [2.75, 3.05) is 17.6 Å². The molecule has 0 fully saturated rings. The number of ether oxygens (including phenoxy) is 2. The van der Waals surface area contributed by atoms with Crippen molar-refractivity contribution in [1.82, 2.24) is 0 Å². The highest BCUT2D eigenvalue weighted by molar-refractivity contribution is 7.92. The quantitative estimate of drug-likeness (QED) is 0.373. The van der Waals surface area contributed by atoms with Gasteiger partial charge in [-0.05, 0) is 48.5 Å². The number of esters is 1. The summed E-state index contributed by atoms with van der Waals surface area (Å²) in [4.78, 5) is 23.5. The number of sulfonamides is 1. The van der Waals surface area contributed by atoms with Crippen LogP contribution in [0.2, 0.25) is 0 Å². The molecule has 9 nitrogen and oxygen atoms in total. The van der Waals surface area contributed by atoms with Gasteiger partial charge in [0.25, 0.3) is 10.0 Å². The minimum absolute atomic E-state index is 0.00779. The second-order valence-electron chi connectivity index (χ2n) is 6.27. The summed E-state index contributed by atoms with van der Waals surface area (Å²) < 4.78 is 38.0. The van der Waals surface area contributed by atoms with Gasteiger partial charge in [0.15, 0.2) is 0 Å². The average Bonchev–Trinajstić information content (AvgIpc) is 2.75. The van der Waals surface area contributed by atoms with Crippen molar-refractivity contribution in [3.8, 4) is 11.5 Å². The molecule has 10 heteroatoms. The molecular weight excluding hydrogens is 424 g/mol. The number of aromatic carboxylic acids is 1. The zero-order valence-electron chi connectivity index (χ0n) is 16.2. The summed E-state index contributed by atoms with van der Waals surface area (Å²) in [5, 5.41) is 9.18. The SMILES string of the molecule is COC(=O)c1cc(Oc2ccc(N)c(C(=O)O)c2)ccc1NS(=O)(=O)c1ccccc1. The van der Waals surface area contributed by atoms with E-state index in [1.807, 2.05) is 0 Å². The number of nitrogens with one attached hydrogen (secondary N) is 1. The molecule has 0 radical (unpaired) electrons. The molecular formula is C21H18N2O7S. The van der Waals surface area contributed by atoms with E-state index in [-0.39, 0.29) is 38.9 Å². The Morgan fingerprint density at radius 3 is 2.16 bits per heavy atom. The first-order valence-electron chi connectivity index (χ1n) is 8.82. The lowest BCUT2D eigenvalue weighted by Crippen LogP contribution is -2.16. The molecule has 0 heterocycles. The lowest BCUT2D eigenvalue weighted by molar-refractivity contribution is 0.0600. The molecule has 0 saturated carbocycles. The lowest BCUT2D eigenvalue weighted by Gasteiger charge is -2.14. The number of methoxy groups -OCH3 is 1. The molecule has 0 aromatic heterocycles. The first kappa shape index (κ1) is 21.7. The van der Waals surface area contributed by atoms with Gasteiger partial charge in [0, 0.05) is 5.69 Å². The van der Waals surface area contributed by atoms with Crippen LogP contribution in [0, 0.1) is 0 Å². The summed E-state index contributed by atoms with van der Waals surface area (Å²) >= 11 is 0. The number of carbonyl (C=O) groups excluding carboxylic acids is 1. The van der Waals surface area contributed by atoms with Crippen LogP contribution in [0.25, 0.3) is 0 Å². The third kappa shape index (κ3) is 4.93. The van der Waals surface area contributed by atoms with Gasteiger partial charge in [0.05, 0.1) is 28.8 Å². The summed E-state index contributed by atoms with van der Waals surface area (Å²) in [6.07, 6.45) is 0. The number of benzene rings is 3. The molecule has 0 unspecified atom stereocenters. The van der Waals surface area contributed by atoms with Crippen molar-refractivity contribution in [2.24, 2.45) is 0 Å². The van der Waals surface area contributed by atoms with Gasteiger partial charge in [-0.1, -0.05) is 18.2 Å². The Morgan fingerprint density at radius 2 is 1.55 bits per heavy atom. The Balaban J connectivity index is 1.95. The van der Waals surface area contributed by atoms with Crippen molar-refractivity contribution >= 4 is 33.3 Å². The van der Waals surface area contributed by atoms with Gasteiger partial charge in [-0.25, -0.2) is 18.0 Å². The van der Waals surface area contributed by atoms with E-state index in [4.69, 9.17) is 15.2 Å². The molecule has 0 aliphatic carbocycles. The first-order valence-corrected chi connectivity index (χ1v) is 10.3. The fourth-order valence-electron chi connectivity index (χ4n) is 2.68. The number of carboxylic acids is 1. The van der Waals surface area contributed by atoms with E-state index >= 15 is 0 Å². The van der Waals surface area contributed by atoms with Gasteiger partial charge in [0.2, 0.25) is 0 Å². The van der Waals surface area contributed by atoms with E-state index in [0.29, 0.717) is 0 Å². The lowest BCUT2D eigenvalue weighted by atomic mass is 10.1. The van der Waals surface area contributed by atoms with Gasteiger partial charge in [-0.2, -0.15) is 0 Å². The van der Waals surface area contributed by atoms with Gasteiger partial charge in [0.1, 0.15) is 11.5 Å². The van der Waals surface area contributed by atoms with Gasteiger partial charge >= 0.3 is 11.9 Å². The Bertz CT molecular complexity index is 1240. The highest BCUT2D eigenvalue weighted by Gasteiger charge is 2.20. The normalized spacial score (nSPS) is 10.9. The maximum Gasteiger partial charge on any atom is 0.340 e. The van der Waals surface area contributed by atoms with Crippen LogP contribution in [-0.4, -0.2) is 32.6 Å². The van der Waals surface area contributed by atoms with Crippen LogP contribution in [0.15, 0.2) is 71.6 Å². The van der Waals surface area contributed by atoms with E-state index in [0.717, 1.165) is 7.11 Å². The Hall–Kier alpha value is -4.05. The predicted molar refractivity (Wildman–Crippen MR) is 113 cm³/mol. The second-order valence-corrected chi connectivity index (χ2v) is 7.96. The molecule has 0 spiro atoms. The number of anilines is 2. The standard InChI is InChI=1S/C21H18N2O7S/c1-29-21(26)17-12-14(30-13-7-9-18(22)16(11-13)20(24)25)8-10-19(17)23-31(27,28)15-5-3-2-4-6-15/h2-12,23H,22H2,1H3,(H,24,25). The summed E-state index contributed by atoms with van der Waals surface area (Å²) in [6, 6.07) is 15.8. The number of carbonyl (C=O) groups is 2. The summed E-state index contributed by atoms with van der Waals surface area (Å²) in [6.45, 7) is 0. The minimum atomic E-state index is -3.95.